The van der Waals surface area contributed by atoms with E-state index in [0.29, 0.717) is 22.5 Å². The number of halogens is 1. The minimum Gasteiger partial charge on any atom is -0.456 e. The zero-order valence-electron chi connectivity index (χ0n) is 13.0. The first-order valence-corrected chi connectivity index (χ1v) is 7.66. The van der Waals surface area contributed by atoms with Crippen LogP contribution in [0, 0.1) is 5.82 Å². The third kappa shape index (κ3) is 2.78. The smallest absolute Gasteiger partial charge is 0.340 e. The summed E-state index contributed by atoms with van der Waals surface area (Å²) < 4.78 is 20.1. The van der Waals surface area contributed by atoms with Gasteiger partial charge in [-0.2, -0.15) is 0 Å². The second kappa shape index (κ2) is 5.90. The van der Waals surface area contributed by atoms with Gasteiger partial charge < -0.3 is 14.6 Å². The van der Waals surface area contributed by atoms with Gasteiger partial charge in [-0.3, -0.25) is 4.79 Å². The SMILES string of the molecule is O=C(Nc1ccc2c(c1)C(=O)OCc1cccn1-2)c1ccc(F)cc1. The molecular weight excluding hydrogens is 323 g/mol. The highest BCUT2D eigenvalue weighted by Gasteiger charge is 2.21. The Morgan fingerprint density at radius 1 is 1.12 bits per heavy atom. The molecule has 0 saturated heterocycles. The molecule has 0 atom stereocenters. The van der Waals surface area contributed by atoms with E-state index in [1.54, 1.807) is 18.2 Å². The van der Waals surface area contributed by atoms with E-state index < -0.39 is 11.8 Å². The average Bonchev–Trinajstić information content (AvgIpc) is 3.04. The maximum absolute atomic E-state index is 13.0. The summed E-state index contributed by atoms with van der Waals surface area (Å²) in [6, 6.07) is 14.0. The fraction of sp³-hybridized carbons (Fsp3) is 0.0526. The van der Waals surface area contributed by atoms with Crippen molar-refractivity contribution >= 4 is 17.6 Å². The molecule has 1 N–H and O–H groups in total. The largest absolute Gasteiger partial charge is 0.456 e. The van der Waals surface area contributed by atoms with Gasteiger partial charge in [0.25, 0.3) is 5.91 Å². The maximum atomic E-state index is 13.0. The lowest BCUT2D eigenvalue weighted by Crippen LogP contribution is -2.13. The predicted octanol–water partition coefficient (Wildman–Crippen LogP) is 3.54. The Bertz CT molecular complexity index is 977. The van der Waals surface area contributed by atoms with E-state index in [-0.39, 0.29) is 12.5 Å². The number of esters is 1. The number of nitrogens with one attached hydrogen (secondary N) is 1. The monoisotopic (exact) mass is 336 g/mol. The van der Waals surface area contributed by atoms with Crippen molar-refractivity contribution in [2.24, 2.45) is 0 Å². The molecule has 0 fully saturated rings. The van der Waals surface area contributed by atoms with E-state index in [1.165, 1.54) is 24.3 Å². The number of cyclic esters (lactones) is 1. The molecule has 0 unspecified atom stereocenters. The second-order valence-corrected chi connectivity index (χ2v) is 5.64. The van der Waals surface area contributed by atoms with Crippen LogP contribution in [0.4, 0.5) is 10.1 Å². The van der Waals surface area contributed by atoms with E-state index in [2.05, 4.69) is 5.32 Å². The first-order valence-electron chi connectivity index (χ1n) is 7.66. The number of fused-ring (bicyclic) bond motifs is 3. The molecule has 0 aliphatic carbocycles. The number of anilines is 1. The lowest BCUT2D eigenvalue weighted by molar-refractivity contribution is 0.0476. The standard InChI is InChI=1S/C19H13FN2O3/c20-13-5-3-12(4-6-13)18(23)21-14-7-8-17-16(10-14)19(24)25-11-15-2-1-9-22(15)17/h1-10H,11H2,(H,21,23). The molecule has 2 heterocycles. The van der Waals surface area contributed by atoms with E-state index in [9.17, 15) is 14.0 Å². The molecule has 1 aromatic heterocycles. The van der Waals surface area contributed by atoms with Gasteiger partial charge in [0.2, 0.25) is 0 Å². The molecule has 1 amide bonds. The van der Waals surface area contributed by atoms with Crippen LogP contribution >= 0.6 is 0 Å². The summed E-state index contributed by atoms with van der Waals surface area (Å²) in [5, 5.41) is 2.71. The van der Waals surface area contributed by atoms with Gasteiger partial charge in [0.1, 0.15) is 12.4 Å². The lowest BCUT2D eigenvalue weighted by Gasteiger charge is -2.11. The first kappa shape index (κ1) is 15.1. The summed E-state index contributed by atoms with van der Waals surface area (Å²) in [5.41, 5.74) is 2.72. The molecule has 2 aromatic carbocycles. The topological polar surface area (TPSA) is 60.3 Å². The van der Waals surface area contributed by atoms with Crippen LogP contribution < -0.4 is 5.32 Å². The average molecular weight is 336 g/mol. The fourth-order valence-electron chi connectivity index (χ4n) is 2.78. The normalized spacial score (nSPS) is 12.6. The number of benzene rings is 2. The summed E-state index contributed by atoms with van der Waals surface area (Å²) in [7, 11) is 0. The van der Waals surface area contributed by atoms with Crippen molar-refractivity contribution in [3.8, 4) is 5.69 Å². The summed E-state index contributed by atoms with van der Waals surface area (Å²) in [5.74, 6) is -1.24. The van der Waals surface area contributed by atoms with Gasteiger partial charge in [-0.15, -0.1) is 0 Å². The summed E-state index contributed by atoms with van der Waals surface area (Å²) in [6.45, 7) is 0.192. The number of aromatic nitrogens is 1. The van der Waals surface area contributed by atoms with E-state index >= 15 is 0 Å². The number of carbonyl (C=O) groups is 2. The van der Waals surface area contributed by atoms with Crippen LogP contribution in [0.5, 0.6) is 0 Å². The van der Waals surface area contributed by atoms with Gasteiger partial charge in [0.15, 0.2) is 0 Å². The molecule has 0 spiro atoms. The number of hydrogen-bond acceptors (Lipinski definition) is 3. The number of rotatable bonds is 2. The number of hydrogen-bond donors (Lipinski definition) is 1. The van der Waals surface area contributed by atoms with Crippen molar-refractivity contribution in [2.45, 2.75) is 6.61 Å². The molecule has 0 saturated carbocycles. The highest BCUT2D eigenvalue weighted by atomic mass is 19.1. The zero-order chi connectivity index (χ0) is 17.4. The lowest BCUT2D eigenvalue weighted by atomic mass is 10.1. The Hall–Kier alpha value is -3.41. The molecule has 1 aliphatic rings. The second-order valence-electron chi connectivity index (χ2n) is 5.64. The maximum Gasteiger partial charge on any atom is 0.340 e. The van der Waals surface area contributed by atoms with Crippen molar-refractivity contribution in [1.29, 1.82) is 0 Å². The molecule has 6 heteroatoms. The number of carbonyl (C=O) groups excluding carboxylic acids is 2. The summed E-state index contributed by atoms with van der Waals surface area (Å²) in [6.07, 6.45) is 1.85. The van der Waals surface area contributed by atoms with Crippen molar-refractivity contribution in [3.05, 3.63) is 83.4 Å². The highest BCUT2D eigenvalue weighted by Crippen LogP contribution is 2.26. The van der Waals surface area contributed by atoms with Crippen LogP contribution in [0.3, 0.4) is 0 Å². The quantitative estimate of drug-likeness (QED) is 0.728. The molecule has 4 rings (SSSR count). The van der Waals surface area contributed by atoms with E-state index in [0.717, 1.165) is 5.69 Å². The summed E-state index contributed by atoms with van der Waals surface area (Å²) in [4.78, 5) is 24.5. The third-order valence-corrected chi connectivity index (χ3v) is 4.02. The first-order chi connectivity index (χ1) is 12.1. The van der Waals surface area contributed by atoms with Crippen LogP contribution in [-0.2, 0) is 11.3 Å². The number of ether oxygens (including phenoxy) is 1. The Labute approximate surface area is 142 Å². The van der Waals surface area contributed by atoms with E-state index in [1.807, 2.05) is 22.9 Å². The molecule has 1 aliphatic heterocycles. The van der Waals surface area contributed by atoms with Crippen molar-refractivity contribution in [1.82, 2.24) is 4.57 Å². The van der Waals surface area contributed by atoms with Crippen LogP contribution in [0.2, 0.25) is 0 Å². The van der Waals surface area contributed by atoms with Gasteiger partial charge in [0.05, 0.1) is 16.9 Å². The van der Waals surface area contributed by atoms with Crippen molar-refractivity contribution in [2.75, 3.05) is 5.32 Å². The molecular formula is C19H13FN2O3. The molecule has 5 nitrogen and oxygen atoms in total. The van der Waals surface area contributed by atoms with Gasteiger partial charge in [-0.25, -0.2) is 9.18 Å². The van der Waals surface area contributed by atoms with Crippen LogP contribution in [0.1, 0.15) is 26.4 Å². The fourth-order valence-corrected chi connectivity index (χ4v) is 2.78. The van der Waals surface area contributed by atoms with Gasteiger partial charge >= 0.3 is 5.97 Å². The molecule has 3 aromatic rings. The van der Waals surface area contributed by atoms with Crippen LogP contribution in [0.25, 0.3) is 5.69 Å². The number of nitrogens with zero attached hydrogens (tertiary/aromatic N) is 1. The summed E-state index contributed by atoms with van der Waals surface area (Å²) >= 11 is 0. The minimum atomic E-state index is -0.448. The van der Waals surface area contributed by atoms with Gasteiger partial charge in [-0.1, -0.05) is 0 Å². The van der Waals surface area contributed by atoms with Crippen molar-refractivity contribution in [3.63, 3.8) is 0 Å². The van der Waals surface area contributed by atoms with Gasteiger partial charge in [-0.05, 0) is 54.6 Å². The van der Waals surface area contributed by atoms with Crippen LogP contribution in [-0.4, -0.2) is 16.4 Å². The third-order valence-electron chi connectivity index (χ3n) is 4.02. The Morgan fingerprint density at radius 3 is 2.72 bits per heavy atom. The molecule has 25 heavy (non-hydrogen) atoms. The van der Waals surface area contributed by atoms with Crippen LogP contribution in [0.15, 0.2) is 60.8 Å². The predicted molar refractivity (Wildman–Crippen MR) is 89.2 cm³/mol. The molecule has 0 bridgehead atoms. The Morgan fingerprint density at radius 2 is 1.92 bits per heavy atom. The minimum absolute atomic E-state index is 0.192. The highest BCUT2D eigenvalue weighted by molar-refractivity contribution is 6.05. The Balaban J connectivity index is 1.66. The van der Waals surface area contributed by atoms with E-state index in [4.69, 9.17) is 4.74 Å². The molecule has 0 radical (unpaired) electrons. The Kier molecular flexibility index (Phi) is 3.57. The molecule has 124 valence electrons. The van der Waals surface area contributed by atoms with Gasteiger partial charge in [0, 0.05) is 17.4 Å². The number of amides is 1. The van der Waals surface area contributed by atoms with Crippen molar-refractivity contribution < 1.29 is 18.7 Å². The zero-order valence-corrected chi connectivity index (χ0v) is 13.0.